The molecule has 3 nitrogen and oxygen atoms in total. The Bertz CT molecular complexity index is 498. The molecule has 19 heavy (non-hydrogen) atoms. The predicted molar refractivity (Wildman–Crippen MR) is 73.1 cm³/mol. The minimum Gasteiger partial charge on any atom is -0.388 e. The highest BCUT2D eigenvalue weighted by atomic mass is 79.9. The van der Waals surface area contributed by atoms with Gasteiger partial charge in [-0.1, -0.05) is 22.0 Å². The van der Waals surface area contributed by atoms with E-state index < -0.39 is 17.3 Å². The third kappa shape index (κ3) is 2.03. The number of nitrogens with two attached hydrogens (primary N) is 1. The average molecular weight is 330 g/mol. The van der Waals surface area contributed by atoms with Gasteiger partial charge >= 0.3 is 0 Å². The molecule has 2 aliphatic rings. The van der Waals surface area contributed by atoms with Crippen LogP contribution in [0, 0.1) is 11.2 Å². The van der Waals surface area contributed by atoms with Crippen LogP contribution >= 0.6 is 15.9 Å². The Kier molecular flexibility index (Phi) is 3.41. The zero-order valence-corrected chi connectivity index (χ0v) is 12.1. The highest BCUT2D eigenvalue weighted by molar-refractivity contribution is 9.10. The quantitative estimate of drug-likeness (QED) is 0.895. The van der Waals surface area contributed by atoms with Crippen LogP contribution in [-0.4, -0.2) is 23.9 Å². The molecule has 0 amide bonds. The Morgan fingerprint density at radius 2 is 2.32 bits per heavy atom. The molecule has 104 valence electrons. The first-order valence-electron chi connectivity index (χ1n) is 6.55. The Hall–Kier alpha value is -0.490. The summed E-state index contributed by atoms with van der Waals surface area (Å²) in [6.07, 6.45) is 1.83. The van der Waals surface area contributed by atoms with Crippen molar-refractivity contribution in [3.05, 3.63) is 34.1 Å². The Balaban J connectivity index is 1.96. The third-order valence-corrected chi connectivity index (χ3v) is 5.03. The molecular weight excluding hydrogens is 313 g/mol. The second-order valence-electron chi connectivity index (χ2n) is 5.53. The normalized spacial score (nSPS) is 34.7. The maximum absolute atomic E-state index is 14.0. The van der Waals surface area contributed by atoms with Crippen molar-refractivity contribution in [3.63, 3.8) is 0 Å². The summed E-state index contributed by atoms with van der Waals surface area (Å²) < 4.78 is 20.5. The van der Waals surface area contributed by atoms with Gasteiger partial charge < -0.3 is 15.6 Å². The van der Waals surface area contributed by atoms with Gasteiger partial charge in [0.25, 0.3) is 0 Å². The molecule has 1 aromatic rings. The first-order chi connectivity index (χ1) is 9.06. The summed E-state index contributed by atoms with van der Waals surface area (Å²) in [5.41, 5.74) is 5.67. The second-order valence-corrected chi connectivity index (χ2v) is 6.45. The number of hydrogen-bond acceptors (Lipinski definition) is 3. The van der Waals surface area contributed by atoms with Crippen molar-refractivity contribution in [2.45, 2.75) is 37.6 Å². The fourth-order valence-electron chi connectivity index (χ4n) is 3.48. The van der Waals surface area contributed by atoms with Gasteiger partial charge in [0.2, 0.25) is 0 Å². The molecule has 4 unspecified atom stereocenters. The van der Waals surface area contributed by atoms with E-state index in [0.29, 0.717) is 23.0 Å². The summed E-state index contributed by atoms with van der Waals surface area (Å²) >= 11 is 3.22. The summed E-state index contributed by atoms with van der Waals surface area (Å²) in [6.45, 7) is 0.310. The van der Waals surface area contributed by atoms with E-state index in [0.717, 1.165) is 12.8 Å². The molecule has 3 N–H and O–H groups in total. The van der Waals surface area contributed by atoms with E-state index in [1.165, 1.54) is 6.07 Å². The van der Waals surface area contributed by atoms with E-state index in [9.17, 15) is 9.50 Å². The van der Waals surface area contributed by atoms with Crippen LogP contribution in [0.15, 0.2) is 22.7 Å². The largest absolute Gasteiger partial charge is 0.388 e. The van der Waals surface area contributed by atoms with Gasteiger partial charge in [0.15, 0.2) is 0 Å². The van der Waals surface area contributed by atoms with Gasteiger partial charge in [0.05, 0.1) is 18.3 Å². The van der Waals surface area contributed by atoms with Crippen molar-refractivity contribution in [1.29, 1.82) is 0 Å². The van der Waals surface area contributed by atoms with Crippen LogP contribution in [0.3, 0.4) is 0 Å². The van der Waals surface area contributed by atoms with Crippen LogP contribution in [0.5, 0.6) is 0 Å². The molecule has 2 aliphatic heterocycles. The average Bonchev–Trinajstić information content (AvgIpc) is 2.98. The van der Waals surface area contributed by atoms with Gasteiger partial charge in [-0.2, -0.15) is 0 Å². The number of ether oxygens (including phenoxy) is 1. The van der Waals surface area contributed by atoms with Crippen molar-refractivity contribution in [2.75, 3.05) is 6.54 Å². The lowest BCUT2D eigenvalue weighted by Crippen LogP contribution is -2.44. The summed E-state index contributed by atoms with van der Waals surface area (Å²) in [7, 11) is 0. The lowest BCUT2D eigenvalue weighted by atomic mass is 9.68. The molecule has 0 spiro atoms. The highest BCUT2D eigenvalue weighted by Crippen LogP contribution is 2.53. The van der Waals surface area contributed by atoms with E-state index in [4.69, 9.17) is 10.5 Å². The number of halogens is 2. The molecule has 0 radical (unpaired) electrons. The smallest absolute Gasteiger partial charge is 0.130 e. The van der Waals surface area contributed by atoms with Gasteiger partial charge in [-0.15, -0.1) is 0 Å². The van der Waals surface area contributed by atoms with Gasteiger partial charge in [0.1, 0.15) is 5.82 Å². The molecule has 0 aromatic heterocycles. The van der Waals surface area contributed by atoms with Crippen LogP contribution in [0.2, 0.25) is 0 Å². The molecule has 2 fully saturated rings. The standard InChI is InChI=1S/C14H17BrFNO2/c15-8-1-3-10(11(16)5-8)13(18)14(7-17)6-9-2-4-12(14)19-9/h1,3,5,9,12-13,18H,2,4,6-7,17H2. The minimum atomic E-state index is -0.916. The lowest BCUT2D eigenvalue weighted by molar-refractivity contribution is -0.0280. The molecule has 0 saturated carbocycles. The van der Waals surface area contributed by atoms with Crippen LogP contribution in [-0.2, 0) is 4.74 Å². The topological polar surface area (TPSA) is 55.5 Å². The van der Waals surface area contributed by atoms with Crippen molar-refractivity contribution >= 4 is 15.9 Å². The molecule has 5 heteroatoms. The van der Waals surface area contributed by atoms with E-state index in [1.807, 2.05) is 0 Å². The van der Waals surface area contributed by atoms with Crippen LogP contribution in [0.4, 0.5) is 4.39 Å². The first-order valence-corrected chi connectivity index (χ1v) is 7.34. The molecule has 0 aliphatic carbocycles. The van der Waals surface area contributed by atoms with Crippen molar-refractivity contribution in [1.82, 2.24) is 0 Å². The summed E-state index contributed by atoms with van der Waals surface area (Å²) in [5, 5.41) is 10.6. The SMILES string of the molecule is NCC1(C(O)c2ccc(Br)cc2F)CC2CCC1O2. The van der Waals surface area contributed by atoms with Crippen LogP contribution < -0.4 is 5.73 Å². The zero-order chi connectivity index (χ0) is 13.6. The summed E-state index contributed by atoms with van der Waals surface area (Å²) in [6, 6.07) is 4.73. The molecular formula is C14H17BrFNO2. The maximum Gasteiger partial charge on any atom is 0.130 e. The van der Waals surface area contributed by atoms with Crippen molar-refractivity contribution in [2.24, 2.45) is 11.1 Å². The van der Waals surface area contributed by atoms with Gasteiger partial charge in [0, 0.05) is 22.0 Å². The van der Waals surface area contributed by atoms with E-state index in [1.54, 1.807) is 12.1 Å². The molecule has 2 bridgehead atoms. The summed E-state index contributed by atoms with van der Waals surface area (Å²) in [5.74, 6) is -0.405. The Morgan fingerprint density at radius 3 is 2.84 bits per heavy atom. The molecule has 3 rings (SSSR count). The number of aliphatic hydroxyl groups is 1. The zero-order valence-electron chi connectivity index (χ0n) is 10.5. The van der Waals surface area contributed by atoms with E-state index in [-0.39, 0.29) is 12.2 Å². The molecule has 2 saturated heterocycles. The highest BCUT2D eigenvalue weighted by Gasteiger charge is 2.56. The van der Waals surface area contributed by atoms with E-state index >= 15 is 0 Å². The van der Waals surface area contributed by atoms with Gasteiger partial charge in [-0.25, -0.2) is 4.39 Å². The molecule has 1 aromatic carbocycles. The van der Waals surface area contributed by atoms with Crippen LogP contribution in [0.1, 0.15) is 30.9 Å². The van der Waals surface area contributed by atoms with E-state index in [2.05, 4.69) is 15.9 Å². The molecule has 2 heterocycles. The van der Waals surface area contributed by atoms with Gasteiger partial charge in [-0.05, 0) is 31.4 Å². The second kappa shape index (κ2) is 4.81. The number of fused-ring (bicyclic) bond motifs is 2. The van der Waals surface area contributed by atoms with Crippen molar-refractivity contribution < 1.29 is 14.2 Å². The first kappa shape index (κ1) is 13.5. The number of hydrogen-bond donors (Lipinski definition) is 2. The maximum atomic E-state index is 14.0. The third-order valence-electron chi connectivity index (χ3n) is 4.54. The molecule has 4 atom stereocenters. The monoisotopic (exact) mass is 329 g/mol. The number of aliphatic hydroxyl groups excluding tert-OH is 1. The predicted octanol–water partition coefficient (Wildman–Crippen LogP) is 2.52. The van der Waals surface area contributed by atoms with Crippen LogP contribution in [0.25, 0.3) is 0 Å². The van der Waals surface area contributed by atoms with Gasteiger partial charge in [-0.3, -0.25) is 0 Å². The fourth-order valence-corrected chi connectivity index (χ4v) is 3.81. The van der Waals surface area contributed by atoms with Crippen molar-refractivity contribution in [3.8, 4) is 0 Å². The number of benzene rings is 1. The number of rotatable bonds is 3. The summed E-state index contributed by atoms with van der Waals surface area (Å²) in [4.78, 5) is 0. The Morgan fingerprint density at radius 1 is 1.53 bits per heavy atom. The fraction of sp³-hybridized carbons (Fsp3) is 0.571. The lowest BCUT2D eigenvalue weighted by Gasteiger charge is -2.38. The minimum absolute atomic E-state index is 0.0550. The Labute approximate surface area is 120 Å².